The van der Waals surface area contributed by atoms with Gasteiger partial charge in [-0.3, -0.25) is 4.79 Å². The van der Waals surface area contributed by atoms with Crippen molar-refractivity contribution in [2.45, 2.75) is 6.61 Å². The van der Waals surface area contributed by atoms with Gasteiger partial charge in [0.15, 0.2) is 0 Å². The first kappa shape index (κ1) is 21.6. The van der Waals surface area contributed by atoms with E-state index >= 15 is 0 Å². The molecule has 3 rings (SSSR count). The van der Waals surface area contributed by atoms with Crippen LogP contribution in [0.3, 0.4) is 0 Å². The molecule has 154 valence electrons. The minimum absolute atomic E-state index is 0.0471. The average molecular weight is 433 g/mol. The molecule has 2 N–H and O–H groups in total. The van der Waals surface area contributed by atoms with Gasteiger partial charge >= 0.3 is 5.97 Å². The molecule has 0 atom stereocenters. The molecule has 31 heavy (non-hydrogen) atoms. The van der Waals surface area contributed by atoms with Crippen molar-refractivity contribution < 1.29 is 19.4 Å². The number of benzene rings is 3. The van der Waals surface area contributed by atoms with Gasteiger partial charge in [0.05, 0.1) is 5.56 Å². The maximum atomic E-state index is 12.3. The lowest BCUT2D eigenvalue weighted by Crippen LogP contribution is -2.13. The van der Waals surface area contributed by atoms with E-state index in [1.165, 1.54) is 12.1 Å². The van der Waals surface area contributed by atoms with Gasteiger partial charge in [-0.05, 0) is 65.7 Å². The summed E-state index contributed by atoms with van der Waals surface area (Å²) in [6.45, 7) is 0.212. The van der Waals surface area contributed by atoms with E-state index in [2.05, 4.69) is 5.32 Å². The summed E-state index contributed by atoms with van der Waals surface area (Å²) in [6.07, 6.45) is 1.48. The van der Waals surface area contributed by atoms with Crippen molar-refractivity contribution >= 4 is 35.2 Å². The van der Waals surface area contributed by atoms with E-state index in [1.54, 1.807) is 66.7 Å². The van der Waals surface area contributed by atoms with Crippen molar-refractivity contribution in [3.05, 3.63) is 100 Å². The summed E-state index contributed by atoms with van der Waals surface area (Å²) in [4.78, 5) is 23.4. The van der Waals surface area contributed by atoms with Gasteiger partial charge in [0.25, 0.3) is 5.91 Å². The minimum Gasteiger partial charge on any atom is -0.489 e. The largest absolute Gasteiger partial charge is 0.489 e. The van der Waals surface area contributed by atoms with Crippen LogP contribution >= 0.6 is 11.6 Å². The number of aromatic carboxylic acids is 1. The van der Waals surface area contributed by atoms with E-state index in [4.69, 9.17) is 21.4 Å². The Bertz CT molecular complexity index is 1160. The van der Waals surface area contributed by atoms with E-state index in [9.17, 15) is 14.9 Å². The normalized spacial score (nSPS) is 10.8. The van der Waals surface area contributed by atoms with Gasteiger partial charge < -0.3 is 15.2 Å². The molecule has 0 fully saturated rings. The van der Waals surface area contributed by atoms with Crippen molar-refractivity contribution in [2.75, 3.05) is 5.32 Å². The topological polar surface area (TPSA) is 99.4 Å². The highest BCUT2D eigenvalue weighted by Gasteiger charge is 2.10. The Morgan fingerprint density at radius 3 is 2.42 bits per heavy atom. The molecule has 0 aliphatic heterocycles. The Labute approximate surface area is 184 Å². The van der Waals surface area contributed by atoms with Crippen LogP contribution in [-0.4, -0.2) is 17.0 Å². The fraction of sp³-hybridized carbons (Fsp3) is 0.0417. The molecule has 0 bridgehead atoms. The first-order valence-electron chi connectivity index (χ1n) is 9.18. The molecule has 0 unspecified atom stereocenters. The number of nitriles is 1. The van der Waals surface area contributed by atoms with Gasteiger partial charge in [-0.1, -0.05) is 35.9 Å². The predicted molar refractivity (Wildman–Crippen MR) is 118 cm³/mol. The maximum absolute atomic E-state index is 12.3. The van der Waals surface area contributed by atoms with E-state index in [0.717, 1.165) is 5.56 Å². The van der Waals surface area contributed by atoms with Crippen LogP contribution in [0, 0.1) is 11.3 Å². The predicted octanol–water partition coefficient (Wildman–Crippen LogP) is 5.16. The number of carboxylic acids is 1. The highest BCUT2D eigenvalue weighted by atomic mass is 35.5. The van der Waals surface area contributed by atoms with E-state index in [-0.39, 0.29) is 17.7 Å². The zero-order valence-electron chi connectivity index (χ0n) is 16.2. The summed E-state index contributed by atoms with van der Waals surface area (Å²) in [5.41, 5.74) is 2.07. The van der Waals surface area contributed by atoms with Gasteiger partial charge in [-0.25, -0.2) is 4.79 Å². The van der Waals surface area contributed by atoms with Crippen LogP contribution in [0.2, 0.25) is 5.02 Å². The van der Waals surface area contributed by atoms with Crippen LogP contribution in [0.1, 0.15) is 21.5 Å². The molecule has 3 aromatic carbocycles. The van der Waals surface area contributed by atoms with Crippen molar-refractivity contribution in [3.63, 3.8) is 0 Å². The number of carboxylic acid groups (broad SMARTS) is 1. The molecular formula is C24H17ClN2O4. The Morgan fingerprint density at radius 2 is 1.77 bits per heavy atom. The fourth-order valence-corrected chi connectivity index (χ4v) is 2.79. The molecule has 0 aromatic heterocycles. The second-order valence-electron chi connectivity index (χ2n) is 6.49. The monoisotopic (exact) mass is 432 g/mol. The highest BCUT2D eigenvalue weighted by molar-refractivity contribution is 6.30. The van der Waals surface area contributed by atoms with Crippen LogP contribution in [0.4, 0.5) is 5.69 Å². The van der Waals surface area contributed by atoms with E-state index < -0.39 is 11.9 Å². The number of carbonyl (C=O) groups is 2. The number of hydrogen-bond donors (Lipinski definition) is 2. The summed E-state index contributed by atoms with van der Waals surface area (Å²) in [7, 11) is 0. The second-order valence-corrected chi connectivity index (χ2v) is 6.93. The molecule has 6 nitrogen and oxygen atoms in total. The first-order chi connectivity index (χ1) is 14.9. The maximum Gasteiger partial charge on any atom is 0.335 e. The number of carbonyl (C=O) groups excluding carboxylic acids is 1. The van der Waals surface area contributed by atoms with Crippen molar-refractivity contribution in [1.82, 2.24) is 0 Å². The molecule has 0 heterocycles. The Kier molecular flexibility index (Phi) is 7.05. The molecule has 0 radical (unpaired) electrons. The zero-order chi connectivity index (χ0) is 22.2. The molecule has 3 aromatic rings. The molecular weight excluding hydrogens is 416 g/mol. The average Bonchev–Trinajstić information content (AvgIpc) is 2.78. The van der Waals surface area contributed by atoms with E-state index in [1.807, 2.05) is 6.07 Å². The van der Waals surface area contributed by atoms with Gasteiger partial charge in [0.2, 0.25) is 0 Å². The zero-order valence-corrected chi connectivity index (χ0v) is 17.0. The SMILES string of the molecule is N#CC(=Cc1ccc(OCc2cccc(C(=O)O)c2)cc1)C(=O)Nc1ccc(Cl)cc1. The third kappa shape index (κ3) is 6.20. The number of anilines is 1. The number of amides is 1. The highest BCUT2D eigenvalue weighted by Crippen LogP contribution is 2.18. The third-order valence-electron chi connectivity index (χ3n) is 4.24. The molecule has 0 spiro atoms. The lowest BCUT2D eigenvalue weighted by atomic mass is 10.1. The van der Waals surface area contributed by atoms with Gasteiger partial charge in [-0.15, -0.1) is 0 Å². The fourth-order valence-electron chi connectivity index (χ4n) is 2.67. The number of ether oxygens (including phenoxy) is 1. The summed E-state index contributed by atoms with van der Waals surface area (Å²) < 4.78 is 5.68. The van der Waals surface area contributed by atoms with E-state index in [0.29, 0.717) is 22.0 Å². The molecule has 1 amide bonds. The molecule has 0 saturated heterocycles. The summed E-state index contributed by atoms with van der Waals surface area (Å²) in [5, 5.41) is 21.6. The Hall–Kier alpha value is -4.08. The number of rotatable bonds is 7. The Morgan fingerprint density at radius 1 is 1.06 bits per heavy atom. The quantitative estimate of drug-likeness (QED) is 0.396. The smallest absolute Gasteiger partial charge is 0.335 e. The standard InChI is InChI=1S/C24H17ClN2O4/c25-20-6-8-21(9-7-20)27-23(28)19(14-26)12-16-4-10-22(11-5-16)31-15-17-2-1-3-18(13-17)24(29)30/h1-13H,15H2,(H,27,28)(H,29,30). The number of halogens is 1. The van der Waals surface area contributed by atoms with Gasteiger partial charge in [-0.2, -0.15) is 5.26 Å². The molecule has 0 aliphatic carbocycles. The Balaban J connectivity index is 1.64. The van der Waals surface area contributed by atoms with Crippen molar-refractivity contribution in [1.29, 1.82) is 5.26 Å². The number of nitrogens with zero attached hydrogens (tertiary/aromatic N) is 1. The number of nitrogens with one attached hydrogen (secondary N) is 1. The summed E-state index contributed by atoms with van der Waals surface area (Å²) in [5.74, 6) is -0.947. The van der Waals surface area contributed by atoms with Crippen LogP contribution in [0.5, 0.6) is 5.75 Å². The lowest BCUT2D eigenvalue weighted by molar-refractivity contribution is -0.112. The van der Waals surface area contributed by atoms with Gasteiger partial charge in [0.1, 0.15) is 24.0 Å². The molecule has 7 heteroatoms. The van der Waals surface area contributed by atoms with Crippen LogP contribution in [0.25, 0.3) is 6.08 Å². The third-order valence-corrected chi connectivity index (χ3v) is 4.49. The van der Waals surface area contributed by atoms with Gasteiger partial charge in [0, 0.05) is 10.7 Å². The first-order valence-corrected chi connectivity index (χ1v) is 9.56. The van der Waals surface area contributed by atoms with Crippen LogP contribution < -0.4 is 10.1 Å². The van der Waals surface area contributed by atoms with Crippen molar-refractivity contribution in [3.8, 4) is 11.8 Å². The second kappa shape index (κ2) is 10.1. The minimum atomic E-state index is -0.994. The number of hydrogen-bond acceptors (Lipinski definition) is 4. The lowest BCUT2D eigenvalue weighted by Gasteiger charge is -2.08. The van der Waals surface area contributed by atoms with Crippen molar-refractivity contribution in [2.24, 2.45) is 0 Å². The molecule has 0 saturated carbocycles. The molecule has 0 aliphatic rings. The summed E-state index contributed by atoms with van der Waals surface area (Å²) >= 11 is 5.82. The summed E-state index contributed by atoms with van der Waals surface area (Å²) in [6, 6.07) is 21.8. The van der Waals surface area contributed by atoms with Crippen LogP contribution in [0.15, 0.2) is 78.4 Å². The van der Waals surface area contributed by atoms with Crippen LogP contribution in [-0.2, 0) is 11.4 Å².